The number of hydrazone groups is 1. The van der Waals surface area contributed by atoms with Crippen LogP contribution in [-0.2, 0) is 4.79 Å². The molecule has 2 aromatic carbocycles. The van der Waals surface area contributed by atoms with Gasteiger partial charge >= 0.3 is 0 Å². The number of hydrogen-bond donors (Lipinski definition) is 1. The number of aliphatic imine (C=N–C) groups is 1. The van der Waals surface area contributed by atoms with E-state index in [-0.39, 0.29) is 11.4 Å². The molecule has 36 heavy (non-hydrogen) atoms. The first-order valence-corrected chi connectivity index (χ1v) is 13.1. The Morgan fingerprint density at radius 1 is 1.00 bits per heavy atom. The molecular formula is C27H24N4O3S2. The number of ether oxygens (including phenoxy) is 2. The Hall–Kier alpha value is -3.69. The number of thiophene rings is 1. The zero-order valence-electron chi connectivity index (χ0n) is 19.9. The third kappa shape index (κ3) is 5.27. The van der Waals surface area contributed by atoms with Crippen LogP contribution in [0.3, 0.4) is 0 Å². The first-order valence-electron chi connectivity index (χ1n) is 11.4. The number of rotatable bonds is 8. The highest BCUT2D eigenvalue weighted by Gasteiger charge is 2.36. The number of hydrogen-bond acceptors (Lipinski definition) is 7. The molecule has 3 aromatic rings. The van der Waals surface area contributed by atoms with Crippen LogP contribution in [0, 0.1) is 19.3 Å². The Balaban J connectivity index is 1.16. The monoisotopic (exact) mass is 516 g/mol. The van der Waals surface area contributed by atoms with Gasteiger partial charge in [0.15, 0.2) is 5.84 Å². The second kappa shape index (κ2) is 10.5. The standard InChI is InChI=1S/C27H24N4O3S2/c1-17-6-9-21(15-18(17)2)34-13-4-12-33-20-10-7-19(8-11-20)16-22-24(28)31-27(29-25(22)32)36-26(30-31)23-5-3-14-35-23/h3,5-11,14-16,28H,4,12-13H2,1-2H3. The van der Waals surface area contributed by atoms with Crippen molar-refractivity contribution in [3.05, 3.63) is 87.1 Å². The van der Waals surface area contributed by atoms with Crippen LogP contribution in [0.25, 0.3) is 6.08 Å². The average molecular weight is 517 g/mol. The zero-order valence-corrected chi connectivity index (χ0v) is 21.5. The Morgan fingerprint density at radius 3 is 2.47 bits per heavy atom. The molecule has 9 heteroatoms. The fraction of sp³-hybridized carbons (Fsp3) is 0.185. The summed E-state index contributed by atoms with van der Waals surface area (Å²) >= 11 is 2.86. The molecule has 0 aliphatic carbocycles. The summed E-state index contributed by atoms with van der Waals surface area (Å²) in [5, 5.41) is 17.6. The van der Waals surface area contributed by atoms with Crippen LogP contribution >= 0.6 is 23.1 Å². The molecule has 7 nitrogen and oxygen atoms in total. The van der Waals surface area contributed by atoms with Gasteiger partial charge in [-0.05, 0) is 84.1 Å². The highest BCUT2D eigenvalue weighted by Crippen LogP contribution is 2.32. The molecule has 0 bridgehead atoms. The molecular weight excluding hydrogens is 492 g/mol. The number of carbonyl (C=O) groups is 1. The predicted molar refractivity (Wildman–Crippen MR) is 146 cm³/mol. The number of amidine groups is 2. The molecule has 3 heterocycles. The van der Waals surface area contributed by atoms with Gasteiger partial charge in [-0.25, -0.2) is 0 Å². The Morgan fingerprint density at radius 2 is 1.75 bits per heavy atom. The van der Waals surface area contributed by atoms with E-state index in [0.29, 0.717) is 18.4 Å². The molecule has 5 rings (SSSR count). The number of carbonyl (C=O) groups excluding carboxylic acids is 1. The molecule has 1 amide bonds. The first-order chi connectivity index (χ1) is 17.5. The maximum atomic E-state index is 12.6. The van der Waals surface area contributed by atoms with E-state index in [9.17, 15) is 4.79 Å². The summed E-state index contributed by atoms with van der Waals surface area (Å²) in [4.78, 5) is 17.8. The lowest BCUT2D eigenvalue weighted by Gasteiger charge is -2.20. The molecule has 0 saturated heterocycles. The van der Waals surface area contributed by atoms with Crippen LogP contribution in [0.15, 0.2) is 75.6 Å². The molecule has 0 saturated carbocycles. The average Bonchev–Trinajstić information content (AvgIpc) is 3.55. The van der Waals surface area contributed by atoms with Crippen LogP contribution in [0.1, 0.15) is 28.0 Å². The van der Waals surface area contributed by atoms with Crippen LogP contribution in [0.5, 0.6) is 11.5 Å². The molecule has 0 spiro atoms. The lowest BCUT2D eigenvalue weighted by atomic mass is 10.1. The van der Waals surface area contributed by atoms with Gasteiger partial charge in [0, 0.05) is 6.42 Å². The van der Waals surface area contributed by atoms with Gasteiger partial charge in [-0.1, -0.05) is 24.3 Å². The zero-order chi connectivity index (χ0) is 25.1. The molecule has 0 fully saturated rings. The van der Waals surface area contributed by atoms with Gasteiger partial charge in [0.1, 0.15) is 16.5 Å². The van der Waals surface area contributed by atoms with Gasteiger partial charge in [-0.15, -0.1) is 11.3 Å². The largest absolute Gasteiger partial charge is 0.493 e. The van der Waals surface area contributed by atoms with Gasteiger partial charge in [-0.2, -0.15) is 15.1 Å². The van der Waals surface area contributed by atoms with E-state index >= 15 is 0 Å². The van der Waals surface area contributed by atoms with Gasteiger partial charge in [0.2, 0.25) is 5.17 Å². The number of aryl methyl sites for hydroxylation is 2. The van der Waals surface area contributed by atoms with Gasteiger partial charge in [-0.3, -0.25) is 10.2 Å². The van der Waals surface area contributed by atoms with E-state index < -0.39 is 5.91 Å². The minimum Gasteiger partial charge on any atom is -0.493 e. The molecule has 2 aliphatic heterocycles. The first kappa shape index (κ1) is 24.0. The summed E-state index contributed by atoms with van der Waals surface area (Å²) in [6.45, 7) is 5.26. The van der Waals surface area contributed by atoms with Crippen molar-refractivity contribution in [3.8, 4) is 11.5 Å². The lowest BCUT2D eigenvalue weighted by molar-refractivity contribution is -0.114. The molecule has 0 atom stereocenters. The van der Waals surface area contributed by atoms with Crippen molar-refractivity contribution < 1.29 is 14.3 Å². The predicted octanol–water partition coefficient (Wildman–Crippen LogP) is 5.88. The maximum absolute atomic E-state index is 12.6. The second-order valence-corrected chi connectivity index (χ2v) is 10.2. The van der Waals surface area contributed by atoms with E-state index in [0.717, 1.165) is 33.4 Å². The van der Waals surface area contributed by atoms with Crippen LogP contribution in [0.2, 0.25) is 0 Å². The minimum absolute atomic E-state index is 0.0214. The topological polar surface area (TPSA) is 87.3 Å². The van der Waals surface area contributed by atoms with Crippen LogP contribution in [-0.4, -0.2) is 40.2 Å². The van der Waals surface area contributed by atoms with E-state index in [1.54, 1.807) is 17.4 Å². The van der Waals surface area contributed by atoms with E-state index in [1.807, 2.05) is 53.9 Å². The van der Waals surface area contributed by atoms with Crippen molar-refractivity contribution in [2.45, 2.75) is 20.3 Å². The molecule has 0 radical (unpaired) electrons. The Kier molecular flexibility index (Phi) is 7.02. The number of amides is 1. The van der Waals surface area contributed by atoms with Gasteiger partial charge in [0.05, 0.1) is 23.7 Å². The number of benzene rings is 2. The van der Waals surface area contributed by atoms with Crippen LogP contribution < -0.4 is 9.47 Å². The minimum atomic E-state index is -0.439. The number of nitrogens with zero attached hydrogens (tertiary/aromatic N) is 3. The van der Waals surface area contributed by atoms with Gasteiger partial charge in [0.25, 0.3) is 5.91 Å². The number of thioether (sulfide) groups is 1. The summed E-state index contributed by atoms with van der Waals surface area (Å²) in [5.41, 5.74) is 3.44. The maximum Gasteiger partial charge on any atom is 0.283 e. The smallest absolute Gasteiger partial charge is 0.283 e. The quantitative estimate of drug-likeness (QED) is 0.298. The summed E-state index contributed by atoms with van der Waals surface area (Å²) < 4.78 is 11.6. The summed E-state index contributed by atoms with van der Waals surface area (Å²) in [5.74, 6) is 1.18. The molecule has 182 valence electrons. The van der Waals surface area contributed by atoms with Crippen molar-refractivity contribution in [3.63, 3.8) is 0 Å². The van der Waals surface area contributed by atoms with Crippen molar-refractivity contribution in [1.82, 2.24) is 5.01 Å². The van der Waals surface area contributed by atoms with Crippen molar-refractivity contribution in [2.24, 2.45) is 10.1 Å². The van der Waals surface area contributed by atoms with Crippen LogP contribution in [0.4, 0.5) is 0 Å². The summed E-state index contributed by atoms with van der Waals surface area (Å²) in [7, 11) is 0. The lowest BCUT2D eigenvalue weighted by Crippen LogP contribution is -2.35. The fourth-order valence-corrected chi connectivity index (χ4v) is 5.24. The SMILES string of the molecule is Cc1ccc(OCCCOc2ccc(C=C3C(=N)N4N=C(c5cccs5)SC4=NC3=O)cc2)cc1C. The van der Waals surface area contributed by atoms with E-state index in [4.69, 9.17) is 14.9 Å². The highest BCUT2D eigenvalue weighted by atomic mass is 32.2. The molecule has 0 unspecified atom stereocenters. The third-order valence-corrected chi connectivity index (χ3v) is 7.63. The Labute approximate surface area is 217 Å². The Bertz CT molecular complexity index is 1390. The van der Waals surface area contributed by atoms with E-state index in [2.05, 4.69) is 30.0 Å². The number of nitrogens with one attached hydrogen (secondary N) is 1. The third-order valence-electron chi connectivity index (χ3n) is 5.68. The molecule has 1 N–H and O–H groups in total. The highest BCUT2D eigenvalue weighted by molar-refractivity contribution is 8.27. The van der Waals surface area contributed by atoms with E-state index in [1.165, 1.54) is 27.9 Å². The normalized spacial score (nSPS) is 16.2. The second-order valence-electron chi connectivity index (χ2n) is 8.27. The summed E-state index contributed by atoms with van der Waals surface area (Å²) in [6, 6.07) is 17.4. The summed E-state index contributed by atoms with van der Waals surface area (Å²) in [6.07, 6.45) is 2.42. The van der Waals surface area contributed by atoms with Crippen molar-refractivity contribution in [1.29, 1.82) is 5.41 Å². The van der Waals surface area contributed by atoms with Crippen molar-refractivity contribution in [2.75, 3.05) is 13.2 Å². The molecule has 2 aliphatic rings. The van der Waals surface area contributed by atoms with Gasteiger partial charge < -0.3 is 9.47 Å². The number of fused-ring (bicyclic) bond motifs is 1. The van der Waals surface area contributed by atoms with Crippen molar-refractivity contribution >= 4 is 51.1 Å². The molecule has 1 aromatic heterocycles. The fourth-order valence-electron chi connectivity index (χ4n) is 3.56.